The molecule has 2 aliphatic rings. The van der Waals surface area contributed by atoms with Crippen LogP contribution < -0.4 is 0 Å². The zero-order valence-corrected chi connectivity index (χ0v) is 16.9. The minimum absolute atomic E-state index is 0.102. The van der Waals surface area contributed by atoms with E-state index in [1.54, 1.807) is 6.07 Å². The molecule has 0 unspecified atom stereocenters. The van der Waals surface area contributed by atoms with E-state index in [0.29, 0.717) is 31.7 Å². The van der Waals surface area contributed by atoms with Crippen molar-refractivity contribution in [1.82, 2.24) is 17.8 Å². The molecule has 0 aliphatic carbocycles. The average molecular weight is 421 g/mol. The molecule has 2 saturated heterocycles. The van der Waals surface area contributed by atoms with Gasteiger partial charge in [0.05, 0.1) is 5.75 Å². The van der Waals surface area contributed by atoms with Gasteiger partial charge in [0, 0.05) is 52.4 Å². The quantitative estimate of drug-likeness (QED) is 0.657. The van der Waals surface area contributed by atoms with Gasteiger partial charge in [-0.3, -0.25) is 0 Å². The lowest BCUT2D eigenvalue weighted by molar-refractivity contribution is 0.201. The minimum Gasteiger partial charge on any atom is -0.304 e. The molecule has 0 aromatic heterocycles. The molecule has 152 valence electrons. The average Bonchev–Trinajstić information content (AvgIpc) is 2.62. The van der Waals surface area contributed by atoms with Gasteiger partial charge in [0.25, 0.3) is 10.2 Å². The molecule has 11 heteroatoms. The van der Waals surface area contributed by atoms with Crippen LogP contribution in [0.5, 0.6) is 0 Å². The van der Waals surface area contributed by atoms with Crippen molar-refractivity contribution >= 4 is 20.2 Å². The molecule has 0 N–H and O–H groups in total. The normalized spacial score (nSPS) is 22.1. The molecule has 0 radical (unpaired) electrons. The van der Waals surface area contributed by atoms with Crippen LogP contribution in [0.25, 0.3) is 0 Å². The largest absolute Gasteiger partial charge is 0.304 e. The van der Waals surface area contributed by atoms with Crippen LogP contribution in [0.4, 0.5) is 4.39 Å². The predicted molar refractivity (Wildman–Crippen MR) is 100 cm³/mol. The Morgan fingerprint density at radius 1 is 0.852 bits per heavy atom. The Labute approximate surface area is 160 Å². The first-order valence-corrected chi connectivity index (χ1v) is 11.9. The Kier molecular flexibility index (Phi) is 6.18. The summed E-state index contributed by atoms with van der Waals surface area (Å²) in [7, 11) is -5.25. The van der Waals surface area contributed by atoms with Gasteiger partial charge in [-0.15, -0.1) is 0 Å². The molecule has 1 aromatic rings. The van der Waals surface area contributed by atoms with E-state index in [-0.39, 0.29) is 31.9 Å². The van der Waals surface area contributed by atoms with Gasteiger partial charge in [-0.1, -0.05) is 12.1 Å². The van der Waals surface area contributed by atoms with Crippen LogP contribution in [0.1, 0.15) is 5.56 Å². The summed E-state index contributed by atoms with van der Waals surface area (Å²) >= 11 is 0. The molecule has 3 rings (SSSR count). The predicted octanol–water partition coefficient (Wildman–Crippen LogP) is -0.235. The van der Waals surface area contributed by atoms with E-state index < -0.39 is 26.0 Å². The highest BCUT2D eigenvalue weighted by Crippen LogP contribution is 2.18. The second-order valence-electron chi connectivity index (χ2n) is 6.89. The van der Waals surface area contributed by atoms with Gasteiger partial charge in [-0.05, 0) is 24.7 Å². The second kappa shape index (κ2) is 8.10. The number of piperazine rings is 2. The molecule has 2 heterocycles. The summed E-state index contributed by atoms with van der Waals surface area (Å²) in [6, 6.07) is 5.50. The molecule has 1 aromatic carbocycles. The standard InChI is InChI=1S/C16H25FN4O4S2/c1-18-5-7-20(8-6-18)27(24,25)21-11-9-19(10-12-21)26(22,23)14-15-3-2-4-16(17)13-15/h2-4,13H,5-12,14H2,1H3. The van der Waals surface area contributed by atoms with Gasteiger partial charge < -0.3 is 4.90 Å². The van der Waals surface area contributed by atoms with Gasteiger partial charge in [0.1, 0.15) is 5.82 Å². The Morgan fingerprint density at radius 2 is 1.37 bits per heavy atom. The van der Waals surface area contributed by atoms with Crippen molar-refractivity contribution < 1.29 is 21.2 Å². The molecule has 27 heavy (non-hydrogen) atoms. The molecular formula is C16H25FN4O4S2. The molecular weight excluding hydrogens is 395 g/mol. The van der Waals surface area contributed by atoms with Gasteiger partial charge >= 0.3 is 0 Å². The van der Waals surface area contributed by atoms with Crippen LogP contribution in [-0.2, 0) is 26.0 Å². The third-order valence-electron chi connectivity index (χ3n) is 4.94. The molecule has 2 fully saturated rings. The lowest BCUT2D eigenvalue weighted by Crippen LogP contribution is -2.57. The Morgan fingerprint density at radius 3 is 1.93 bits per heavy atom. The summed E-state index contributed by atoms with van der Waals surface area (Å²) in [6.07, 6.45) is 0. The fourth-order valence-electron chi connectivity index (χ4n) is 3.29. The molecule has 0 spiro atoms. The number of hydrogen-bond donors (Lipinski definition) is 0. The molecule has 0 bridgehead atoms. The van der Waals surface area contributed by atoms with Crippen molar-refractivity contribution in [3.63, 3.8) is 0 Å². The Balaban J connectivity index is 1.61. The van der Waals surface area contributed by atoms with Crippen LogP contribution in [0, 0.1) is 5.82 Å². The van der Waals surface area contributed by atoms with Crippen molar-refractivity contribution in [3.8, 4) is 0 Å². The van der Waals surface area contributed by atoms with Gasteiger partial charge in [-0.2, -0.15) is 21.3 Å². The summed E-state index contributed by atoms with van der Waals surface area (Å²) in [5.41, 5.74) is 0.377. The molecule has 2 aliphatic heterocycles. The van der Waals surface area contributed by atoms with Crippen molar-refractivity contribution in [2.75, 3.05) is 59.4 Å². The maximum absolute atomic E-state index is 13.3. The van der Waals surface area contributed by atoms with Crippen LogP contribution in [0.2, 0.25) is 0 Å². The second-order valence-corrected chi connectivity index (χ2v) is 10.8. The van der Waals surface area contributed by atoms with Crippen molar-refractivity contribution in [2.24, 2.45) is 0 Å². The van der Waals surface area contributed by atoms with E-state index in [4.69, 9.17) is 0 Å². The summed E-state index contributed by atoms with van der Waals surface area (Å²) in [4.78, 5) is 2.07. The van der Waals surface area contributed by atoms with E-state index in [2.05, 4.69) is 4.90 Å². The van der Waals surface area contributed by atoms with Crippen LogP contribution in [0.15, 0.2) is 24.3 Å². The zero-order valence-electron chi connectivity index (χ0n) is 15.3. The monoisotopic (exact) mass is 420 g/mol. The molecule has 0 amide bonds. The SMILES string of the molecule is CN1CCN(S(=O)(=O)N2CCN(S(=O)(=O)Cc3cccc(F)c3)CC2)CC1. The van der Waals surface area contributed by atoms with E-state index in [1.165, 1.54) is 31.1 Å². The number of likely N-dealkylation sites (N-methyl/N-ethyl adjacent to an activating group) is 1. The van der Waals surface area contributed by atoms with E-state index in [1.807, 2.05) is 7.05 Å². The Bertz CT molecular complexity index is 862. The lowest BCUT2D eigenvalue weighted by Gasteiger charge is -2.38. The maximum Gasteiger partial charge on any atom is 0.282 e. The lowest BCUT2D eigenvalue weighted by atomic mass is 10.2. The van der Waals surface area contributed by atoms with Crippen molar-refractivity contribution in [1.29, 1.82) is 0 Å². The third kappa shape index (κ3) is 4.84. The number of rotatable bonds is 5. The summed E-state index contributed by atoms with van der Waals surface area (Å²) in [6.45, 7) is 2.69. The highest BCUT2D eigenvalue weighted by Gasteiger charge is 2.36. The fourth-order valence-corrected chi connectivity index (χ4v) is 6.37. The molecule has 0 saturated carbocycles. The maximum atomic E-state index is 13.3. The highest BCUT2D eigenvalue weighted by molar-refractivity contribution is 7.88. The number of sulfonamides is 1. The van der Waals surface area contributed by atoms with Crippen LogP contribution >= 0.6 is 0 Å². The highest BCUT2D eigenvalue weighted by atomic mass is 32.2. The topological polar surface area (TPSA) is 81.2 Å². The summed E-state index contributed by atoms with van der Waals surface area (Å²) < 4.78 is 68.1. The first-order chi connectivity index (χ1) is 12.7. The fraction of sp³-hybridized carbons (Fsp3) is 0.625. The van der Waals surface area contributed by atoms with E-state index in [0.717, 1.165) is 0 Å². The summed E-state index contributed by atoms with van der Waals surface area (Å²) in [5, 5.41) is 0. The molecule has 8 nitrogen and oxygen atoms in total. The van der Waals surface area contributed by atoms with Gasteiger partial charge in [-0.25, -0.2) is 12.8 Å². The van der Waals surface area contributed by atoms with Crippen LogP contribution in [-0.4, -0.2) is 94.1 Å². The van der Waals surface area contributed by atoms with Crippen molar-refractivity contribution in [2.45, 2.75) is 5.75 Å². The van der Waals surface area contributed by atoms with Crippen LogP contribution in [0.3, 0.4) is 0 Å². The number of benzene rings is 1. The Hall–Kier alpha value is -1.11. The van der Waals surface area contributed by atoms with Gasteiger partial charge in [0.15, 0.2) is 0 Å². The number of hydrogen-bond acceptors (Lipinski definition) is 5. The van der Waals surface area contributed by atoms with E-state index >= 15 is 0 Å². The van der Waals surface area contributed by atoms with Crippen molar-refractivity contribution in [3.05, 3.63) is 35.6 Å². The molecule has 0 atom stereocenters. The number of nitrogens with zero attached hydrogens (tertiary/aromatic N) is 4. The first kappa shape index (κ1) is 20.6. The first-order valence-electron chi connectivity index (χ1n) is 8.84. The van der Waals surface area contributed by atoms with E-state index in [9.17, 15) is 21.2 Å². The minimum atomic E-state index is -3.63. The van der Waals surface area contributed by atoms with Gasteiger partial charge in [0.2, 0.25) is 10.0 Å². The smallest absolute Gasteiger partial charge is 0.282 e. The summed E-state index contributed by atoms with van der Waals surface area (Å²) in [5.74, 6) is -0.776. The number of halogens is 1. The zero-order chi connectivity index (χ0) is 19.7. The third-order valence-corrected chi connectivity index (χ3v) is 8.83.